The Morgan fingerprint density at radius 2 is 1.50 bits per heavy atom. The van der Waals surface area contributed by atoms with Crippen LogP contribution in [0, 0.1) is 5.92 Å². The third-order valence-electron chi connectivity index (χ3n) is 5.36. The molecule has 1 aliphatic carbocycles. The van der Waals surface area contributed by atoms with E-state index in [-0.39, 0.29) is 0 Å². The Hall–Kier alpha value is -0.0800. The van der Waals surface area contributed by atoms with Crippen molar-refractivity contribution in [3.63, 3.8) is 0 Å². The lowest BCUT2D eigenvalue weighted by Gasteiger charge is -2.45. The van der Waals surface area contributed by atoms with Gasteiger partial charge in [-0.05, 0) is 65.6 Å². The first-order valence-corrected chi connectivity index (χ1v) is 8.08. The standard InChI is InChI=1S/C16H32N2/c1-16(2,18-12-8-9-13-18)15(17-3)14-10-6-4-5-7-11-14/h14-15,17H,4-13H2,1-3H3. The van der Waals surface area contributed by atoms with E-state index in [1.807, 2.05) is 0 Å². The molecule has 2 nitrogen and oxygen atoms in total. The van der Waals surface area contributed by atoms with Crippen LogP contribution in [-0.4, -0.2) is 36.6 Å². The summed E-state index contributed by atoms with van der Waals surface area (Å²) < 4.78 is 0. The molecule has 0 radical (unpaired) electrons. The predicted molar refractivity (Wildman–Crippen MR) is 78.9 cm³/mol. The average Bonchev–Trinajstić information content (AvgIpc) is 2.77. The lowest BCUT2D eigenvalue weighted by molar-refractivity contribution is 0.0763. The number of nitrogens with one attached hydrogen (secondary N) is 1. The SMILES string of the molecule is CNC(C1CCCCCC1)C(C)(C)N1CCCC1. The summed E-state index contributed by atoms with van der Waals surface area (Å²) in [6, 6.07) is 0.661. The second-order valence-corrected chi connectivity index (χ2v) is 6.87. The topological polar surface area (TPSA) is 15.3 Å². The molecule has 1 saturated heterocycles. The van der Waals surface area contributed by atoms with E-state index >= 15 is 0 Å². The smallest absolute Gasteiger partial charge is 0.0308 e. The maximum atomic E-state index is 3.68. The highest BCUT2D eigenvalue weighted by Gasteiger charge is 2.39. The second kappa shape index (κ2) is 6.38. The van der Waals surface area contributed by atoms with Gasteiger partial charge in [0.05, 0.1) is 0 Å². The highest BCUT2D eigenvalue weighted by molar-refractivity contribution is 4.98. The van der Waals surface area contributed by atoms with Crippen molar-refractivity contribution in [2.45, 2.75) is 76.8 Å². The minimum absolute atomic E-state index is 0.320. The van der Waals surface area contributed by atoms with E-state index in [4.69, 9.17) is 0 Å². The fraction of sp³-hybridized carbons (Fsp3) is 1.00. The molecule has 0 aromatic rings. The lowest BCUT2D eigenvalue weighted by atomic mass is 9.79. The molecule has 2 rings (SSSR count). The average molecular weight is 252 g/mol. The third-order valence-corrected chi connectivity index (χ3v) is 5.36. The Bertz CT molecular complexity index is 235. The van der Waals surface area contributed by atoms with Gasteiger partial charge in [0.1, 0.15) is 0 Å². The maximum Gasteiger partial charge on any atom is 0.0308 e. The van der Waals surface area contributed by atoms with Gasteiger partial charge in [-0.3, -0.25) is 4.90 Å². The van der Waals surface area contributed by atoms with E-state index in [0.29, 0.717) is 11.6 Å². The van der Waals surface area contributed by atoms with Crippen molar-refractivity contribution in [1.82, 2.24) is 10.2 Å². The van der Waals surface area contributed by atoms with Gasteiger partial charge in [-0.2, -0.15) is 0 Å². The summed E-state index contributed by atoms with van der Waals surface area (Å²) in [7, 11) is 2.17. The van der Waals surface area contributed by atoms with Crippen LogP contribution in [0.4, 0.5) is 0 Å². The van der Waals surface area contributed by atoms with Crippen molar-refractivity contribution in [3.05, 3.63) is 0 Å². The van der Waals surface area contributed by atoms with Gasteiger partial charge in [-0.1, -0.05) is 25.7 Å². The van der Waals surface area contributed by atoms with E-state index in [9.17, 15) is 0 Å². The van der Waals surface area contributed by atoms with E-state index in [1.165, 1.54) is 64.5 Å². The number of hydrogen-bond donors (Lipinski definition) is 1. The van der Waals surface area contributed by atoms with Crippen LogP contribution in [0.15, 0.2) is 0 Å². The Morgan fingerprint density at radius 1 is 0.944 bits per heavy atom. The zero-order valence-electron chi connectivity index (χ0n) is 12.7. The molecule has 1 aliphatic heterocycles. The van der Waals surface area contributed by atoms with E-state index < -0.39 is 0 Å². The van der Waals surface area contributed by atoms with Crippen LogP contribution in [0.5, 0.6) is 0 Å². The lowest BCUT2D eigenvalue weighted by Crippen LogP contribution is -2.59. The molecule has 0 amide bonds. The van der Waals surface area contributed by atoms with Gasteiger partial charge >= 0.3 is 0 Å². The van der Waals surface area contributed by atoms with E-state index in [0.717, 1.165) is 5.92 Å². The fourth-order valence-corrected chi connectivity index (χ4v) is 4.30. The molecule has 0 aromatic heterocycles. The maximum absolute atomic E-state index is 3.68. The van der Waals surface area contributed by atoms with Gasteiger partial charge in [0.15, 0.2) is 0 Å². The molecular formula is C16H32N2. The largest absolute Gasteiger partial charge is 0.315 e. The van der Waals surface area contributed by atoms with E-state index in [1.54, 1.807) is 0 Å². The van der Waals surface area contributed by atoms with Gasteiger partial charge in [0, 0.05) is 11.6 Å². The fourth-order valence-electron chi connectivity index (χ4n) is 4.30. The normalized spacial score (nSPS) is 26.2. The van der Waals surface area contributed by atoms with Gasteiger partial charge in [0.2, 0.25) is 0 Å². The second-order valence-electron chi connectivity index (χ2n) is 6.87. The Kier molecular flexibility index (Phi) is 5.08. The molecule has 2 fully saturated rings. The van der Waals surface area contributed by atoms with Crippen LogP contribution < -0.4 is 5.32 Å². The molecule has 18 heavy (non-hydrogen) atoms. The molecule has 0 bridgehead atoms. The molecule has 1 N–H and O–H groups in total. The molecule has 1 atom stereocenters. The van der Waals surface area contributed by atoms with Crippen molar-refractivity contribution in [3.8, 4) is 0 Å². The van der Waals surface area contributed by atoms with Gasteiger partial charge in [-0.25, -0.2) is 0 Å². The molecule has 2 heteroatoms. The number of rotatable bonds is 4. The molecule has 1 unspecified atom stereocenters. The first kappa shape index (κ1) is 14.3. The quantitative estimate of drug-likeness (QED) is 0.771. The zero-order valence-corrected chi connectivity index (χ0v) is 12.7. The summed E-state index contributed by atoms with van der Waals surface area (Å²) in [6.07, 6.45) is 11.5. The molecule has 0 spiro atoms. The molecule has 2 aliphatic rings. The van der Waals surface area contributed by atoms with E-state index in [2.05, 4.69) is 31.1 Å². The first-order chi connectivity index (χ1) is 8.66. The summed E-state index contributed by atoms with van der Waals surface area (Å²) in [5.41, 5.74) is 0.320. The summed E-state index contributed by atoms with van der Waals surface area (Å²) in [5.74, 6) is 0.882. The number of likely N-dealkylation sites (tertiary alicyclic amines) is 1. The highest BCUT2D eigenvalue weighted by Crippen LogP contribution is 2.34. The van der Waals surface area contributed by atoms with Crippen LogP contribution >= 0.6 is 0 Å². The van der Waals surface area contributed by atoms with Gasteiger partial charge < -0.3 is 5.32 Å². The minimum Gasteiger partial charge on any atom is -0.315 e. The van der Waals surface area contributed by atoms with Crippen LogP contribution in [0.1, 0.15) is 65.2 Å². The summed E-state index contributed by atoms with van der Waals surface area (Å²) >= 11 is 0. The number of hydrogen-bond acceptors (Lipinski definition) is 2. The third kappa shape index (κ3) is 3.08. The van der Waals surface area contributed by atoms with Gasteiger partial charge in [-0.15, -0.1) is 0 Å². The monoisotopic (exact) mass is 252 g/mol. The Labute approximate surface area is 114 Å². The van der Waals surface area contributed by atoms with Crippen LogP contribution in [0.3, 0.4) is 0 Å². The Balaban J connectivity index is 2.04. The molecule has 106 valence electrons. The highest BCUT2D eigenvalue weighted by atomic mass is 15.2. The molecular weight excluding hydrogens is 220 g/mol. The van der Waals surface area contributed by atoms with Gasteiger partial charge in [0.25, 0.3) is 0 Å². The van der Waals surface area contributed by atoms with Crippen molar-refractivity contribution >= 4 is 0 Å². The zero-order chi connectivity index (χ0) is 13.0. The predicted octanol–water partition coefficient (Wildman–Crippen LogP) is 3.42. The van der Waals surface area contributed by atoms with Crippen molar-refractivity contribution < 1.29 is 0 Å². The summed E-state index contributed by atoms with van der Waals surface area (Å²) in [4.78, 5) is 2.72. The minimum atomic E-state index is 0.320. The van der Waals surface area contributed by atoms with Crippen molar-refractivity contribution in [1.29, 1.82) is 0 Å². The summed E-state index contributed by atoms with van der Waals surface area (Å²) in [6.45, 7) is 7.53. The van der Waals surface area contributed by atoms with Crippen LogP contribution in [0.25, 0.3) is 0 Å². The first-order valence-electron chi connectivity index (χ1n) is 8.08. The number of nitrogens with zero attached hydrogens (tertiary/aromatic N) is 1. The van der Waals surface area contributed by atoms with Crippen LogP contribution in [0.2, 0.25) is 0 Å². The van der Waals surface area contributed by atoms with Crippen molar-refractivity contribution in [2.75, 3.05) is 20.1 Å². The summed E-state index contributed by atoms with van der Waals surface area (Å²) in [5, 5.41) is 3.68. The van der Waals surface area contributed by atoms with Crippen molar-refractivity contribution in [2.24, 2.45) is 5.92 Å². The molecule has 1 saturated carbocycles. The Morgan fingerprint density at radius 3 is 2.00 bits per heavy atom. The van der Waals surface area contributed by atoms with Crippen LogP contribution in [-0.2, 0) is 0 Å². The molecule has 1 heterocycles. The molecule has 0 aromatic carbocycles. The number of likely N-dealkylation sites (N-methyl/N-ethyl adjacent to an activating group) is 1.